The van der Waals surface area contributed by atoms with Crippen molar-refractivity contribution in [3.63, 3.8) is 0 Å². The Morgan fingerprint density at radius 1 is 1.53 bits per heavy atom. The Balaban J connectivity index is 2.23. The Labute approximate surface area is 107 Å². The van der Waals surface area contributed by atoms with Gasteiger partial charge in [-0.05, 0) is 18.2 Å². The maximum Gasteiger partial charge on any atom is 0.322 e. The van der Waals surface area contributed by atoms with E-state index >= 15 is 0 Å². The third-order valence-corrected chi connectivity index (χ3v) is 3.08. The number of hydrogen-bond acceptors (Lipinski definition) is 3. The van der Waals surface area contributed by atoms with Gasteiger partial charge < -0.3 is 10.0 Å². The summed E-state index contributed by atoms with van der Waals surface area (Å²) in [6, 6.07) is 6.52. The molecule has 90 valence electrons. The van der Waals surface area contributed by atoms with Crippen LogP contribution in [0.25, 0.3) is 0 Å². The summed E-state index contributed by atoms with van der Waals surface area (Å²) < 4.78 is 0.855. The number of carbonyl (C=O) groups excluding carboxylic acids is 1. The molecule has 1 amide bonds. The maximum atomic E-state index is 11.7. The molecule has 1 atom stereocenters. The topological polar surface area (TPSA) is 69.6 Å². The number of amides is 1. The van der Waals surface area contributed by atoms with Crippen LogP contribution in [0.5, 0.6) is 0 Å². The van der Waals surface area contributed by atoms with Crippen LogP contribution in [0.1, 0.15) is 0 Å². The van der Waals surface area contributed by atoms with Gasteiger partial charge in [-0.2, -0.15) is 0 Å². The van der Waals surface area contributed by atoms with Crippen molar-refractivity contribution in [1.82, 2.24) is 5.32 Å². The van der Waals surface area contributed by atoms with Gasteiger partial charge >= 0.3 is 5.97 Å². The molecule has 0 radical (unpaired) electrons. The fraction of sp³-hybridized carbons (Fsp3) is 0.273. The molecule has 6 heteroatoms. The molecule has 1 aliphatic rings. The zero-order valence-corrected chi connectivity index (χ0v) is 10.5. The van der Waals surface area contributed by atoms with E-state index in [1.165, 1.54) is 4.90 Å². The Kier molecular flexibility index (Phi) is 3.44. The van der Waals surface area contributed by atoms with Crippen LogP contribution in [0.3, 0.4) is 0 Å². The highest BCUT2D eigenvalue weighted by Gasteiger charge is 2.30. The van der Waals surface area contributed by atoms with E-state index < -0.39 is 12.0 Å². The fourth-order valence-corrected chi connectivity index (χ4v) is 2.10. The predicted molar refractivity (Wildman–Crippen MR) is 65.9 cm³/mol. The van der Waals surface area contributed by atoms with Crippen molar-refractivity contribution in [1.29, 1.82) is 0 Å². The van der Waals surface area contributed by atoms with Crippen LogP contribution in [0.4, 0.5) is 5.69 Å². The predicted octanol–water partition coefficient (Wildman–Crippen LogP) is 0.839. The first-order chi connectivity index (χ1) is 8.08. The van der Waals surface area contributed by atoms with Crippen molar-refractivity contribution in [2.24, 2.45) is 0 Å². The van der Waals surface area contributed by atoms with Crippen LogP contribution in [0.15, 0.2) is 28.7 Å². The summed E-state index contributed by atoms with van der Waals surface area (Å²) >= 11 is 3.32. The second kappa shape index (κ2) is 4.85. The minimum Gasteiger partial charge on any atom is -0.480 e. The average Bonchev–Trinajstić information content (AvgIpc) is 2.29. The van der Waals surface area contributed by atoms with E-state index in [4.69, 9.17) is 5.11 Å². The number of carboxylic acids is 1. The van der Waals surface area contributed by atoms with E-state index in [2.05, 4.69) is 21.2 Å². The van der Waals surface area contributed by atoms with Crippen LogP contribution < -0.4 is 10.2 Å². The molecule has 0 bridgehead atoms. The largest absolute Gasteiger partial charge is 0.480 e. The number of anilines is 1. The zero-order valence-electron chi connectivity index (χ0n) is 8.89. The van der Waals surface area contributed by atoms with Gasteiger partial charge in [-0.1, -0.05) is 22.0 Å². The monoisotopic (exact) mass is 298 g/mol. The Hall–Kier alpha value is -1.40. The molecule has 1 aliphatic heterocycles. The summed E-state index contributed by atoms with van der Waals surface area (Å²) in [5.41, 5.74) is 0.706. The number of nitrogens with one attached hydrogen (secondary N) is 1. The van der Waals surface area contributed by atoms with Gasteiger partial charge in [0.25, 0.3) is 0 Å². The van der Waals surface area contributed by atoms with Gasteiger partial charge in [-0.3, -0.25) is 14.9 Å². The molecule has 2 rings (SSSR count). The highest BCUT2D eigenvalue weighted by Crippen LogP contribution is 2.21. The number of carboxylic acid groups (broad SMARTS) is 1. The minimum absolute atomic E-state index is 0.0451. The van der Waals surface area contributed by atoms with Crippen LogP contribution >= 0.6 is 15.9 Å². The van der Waals surface area contributed by atoms with Gasteiger partial charge in [0.05, 0.1) is 13.1 Å². The second-order valence-corrected chi connectivity index (χ2v) is 4.67. The molecular weight excluding hydrogens is 288 g/mol. The molecule has 0 aromatic heterocycles. The van der Waals surface area contributed by atoms with E-state index in [0.29, 0.717) is 5.69 Å². The van der Waals surface area contributed by atoms with E-state index in [0.717, 1.165) is 4.47 Å². The van der Waals surface area contributed by atoms with Crippen molar-refractivity contribution in [2.45, 2.75) is 6.04 Å². The van der Waals surface area contributed by atoms with E-state index in [1.54, 1.807) is 12.1 Å². The number of piperazine rings is 1. The molecule has 1 saturated heterocycles. The second-order valence-electron chi connectivity index (χ2n) is 3.76. The number of benzene rings is 1. The molecule has 0 aliphatic carbocycles. The molecular formula is C11H11BrN2O3. The number of carbonyl (C=O) groups is 2. The van der Waals surface area contributed by atoms with Gasteiger partial charge in [0, 0.05) is 10.2 Å². The molecule has 0 spiro atoms. The van der Waals surface area contributed by atoms with Gasteiger partial charge in [0.15, 0.2) is 0 Å². The summed E-state index contributed by atoms with van der Waals surface area (Å²) in [5, 5.41) is 11.6. The molecule has 0 saturated carbocycles. The van der Waals surface area contributed by atoms with E-state index in [-0.39, 0.29) is 19.0 Å². The highest BCUT2D eigenvalue weighted by molar-refractivity contribution is 9.10. The summed E-state index contributed by atoms with van der Waals surface area (Å²) in [4.78, 5) is 24.1. The molecule has 1 aromatic carbocycles. The van der Waals surface area contributed by atoms with Crippen molar-refractivity contribution in [2.75, 3.05) is 18.0 Å². The molecule has 1 aromatic rings. The standard InChI is InChI=1S/C11H11BrN2O3/c12-7-2-1-3-8(4-7)14-6-9(11(16)17)13-5-10(14)15/h1-4,9,13H,5-6H2,(H,16,17). The normalized spacial score (nSPS) is 20.4. The summed E-state index contributed by atoms with van der Waals surface area (Å²) in [5.74, 6) is -1.07. The van der Waals surface area contributed by atoms with Crippen molar-refractivity contribution in [3.05, 3.63) is 28.7 Å². The third kappa shape index (κ3) is 2.65. The van der Waals surface area contributed by atoms with Crippen molar-refractivity contribution >= 4 is 33.5 Å². The third-order valence-electron chi connectivity index (χ3n) is 2.58. The van der Waals surface area contributed by atoms with Crippen molar-refractivity contribution in [3.8, 4) is 0 Å². The van der Waals surface area contributed by atoms with Crippen molar-refractivity contribution < 1.29 is 14.7 Å². The molecule has 17 heavy (non-hydrogen) atoms. The molecule has 1 heterocycles. The first kappa shape index (κ1) is 12.1. The van der Waals surface area contributed by atoms with Gasteiger partial charge in [-0.25, -0.2) is 0 Å². The molecule has 1 unspecified atom stereocenters. The SMILES string of the molecule is O=C(O)C1CN(c2cccc(Br)c2)C(=O)CN1. The van der Waals surface area contributed by atoms with E-state index in [1.807, 2.05) is 12.1 Å². The summed E-state index contributed by atoms with van der Waals surface area (Å²) in [6.07, 6.45) is 0. The minimum atomic E-state index is -0.947. The van der Waals surface area contributed by atoms with Gasteiger partial charge in [0.1, 0.15) is 6.04 Å². The van der Waals surface area contributed by atoms with Crippen LogP contribution in [-0.4, -0.2) is 36.1 Å². The van der Waals surface area contributed by atoms with Gasteiger partial charge in [-0.15, -0.1) is 0 Å². The van der Waals surface area contributed by atoms with Crippen LogP contribution in [-0.2, 0) is 9.59 Å². The molecule has 2 N–H and O–H groups in total. The molecule has 5 nitrogen and oxygen atoms in total. The maximum absolute atomic E-state index is 11.7. The Bertz CT molecular complexity index is 464. The number of aliphatic carboxylic acids is 1. The van der Waals surface area contributed by atoms with Crippen LogP contribution in [0.2, 0.25) is 0 Å². The summed E-state index contributed by atoms with van der Waals surface area (Å²) in [7, 11) is 0. The Morgan fingerprint density at radius 3 is 2.94 bits per heavy atom. The number of nitrogens with zero attached hydrogens (tertiary/aromatic N) is 1. The lowest BCUT2D eigenvalue weighted by molar-refractivity contribution is -0.139. The van der Waals surface area contributed by atoms with E-state index in [9.17, 15) is 9.59 Å². The lowest BCUT2D eigenvalue weighted by Gasteiger charge is -2.31. The lowest BCUT2D eigenvalue weighted by atomic mass is 10.2. The zero-order chi connectivity index (χ0) is 12.4. The highest BCUT2D eigenvalue weighted by atomic mass is 79.9. The first-order valence-corrected chi connectivity index (χ1v) is 5.89. The van der Waals surface area contributed by atoms with Crippen LogP contribution in [0, 0.1) is 0 Å². The smallest absolute Gasteiger partial charge is 0.322 e. The van der Waals surface area contributed by atoms with Gasteiger partial charge in [0.2, 0.25) is 5.91 Å². The number of rotatable bonds is 2. The summed E-state index contributed by atoms with van der Waals surface area (Å²) in [6.45, 7) is 0.189. The Morgan fingerprint density at radius 2 is 2.29 bits per heavy atom. The average molecular weight is 299 g/mol. The lowest BCUT2D eigenvalue weighted by Crippen LogP contribution is -2.57. The quantitative estimate of drug-likeness (QED) is 0.849. The molecule has 1 fully saturated rings. The number of halogens is 1. The number of hydrogen-bond donors (Lipinski definition) is 2. The fourth-order valence-electron chi connectivity index (χ4n) is 1.71. The first-order valence-electron chi connectivity index (χ1n) is 5.10.